The molecule has 2 N–H and O–H groups in total. The largest absolute Gasteiger partial charge is 0.481 e. The van der Waals surface area contributed by atoms with Crippen LogP contribution in [0.3, 0.4) is 0 Å². The fourth-order valence-corrected chi connectivity index (χ4v) is 3.21. The van der Waals surface area contributed by atoms with Crippen LogP contribution in [0.1, 0.15) is 44.2 Å². The van der Waals surface area contributed by atoms with Gasteiger partial charge in [-0.05, 0) is 43.9 Å². The van der Waals surface area contributed by atoms with E-state index in [-0.39, 0.29) is 12.0 Å². The number of carbonyl (C=O) groups is 1. The Hall–Kier alpha value is -0.870. The second-order valence-corrected chi connectivity index (χ2v) is 6.26. The van der Waals surface area contributed by atoms with Crippen molar-refractivity contribution >= 4 is 21.9 Å². The third-order valence-electron chi connectivity index (χ3n) is 3.86. The summed E-state index contributed by atoms with van der Waals surface area (Å²) in [6.45, 7) is 2.13. The summed E-state index contributed by atoms with van der Waals surface area (Å²) < 4.78 is 1.07. The van der Waals surface area contributed by atoms with Gasteiger partial charge in [-0.15, -0.1) is 0 Å². The first-order valence-electron chi connectivity index (χ1n) is 6.80. The Kier molecular flexibility index (Phi) is 4.99. The number of benzene rings is 1. The van der Waals surface area contributed by atoms with Gasteiger partial charge in [0.05, 0.1) is 5.92 Å². The number of hydrogen-bond acceptors (Lipinski definition) is 2. The average Bonchev–Trinajstić information content (AvgIpc) is 2.39. The summed E-state index contributed by atoms with van der Waals surface area (Å²) >= 11 is 3.48. The average molecular weight is 326 g/mol. The molecule has 1 saturated carbocycles. The molecule has 3 atom stereocenters. The first kappa shape index (κ1) is 14.5. The first-order chi connectivity index (χ1) is 9.06. The predicted octanol–water partition coefficient (Wildman–Crippen LogP) is 3.74. The lowest BCUT2D eigenvalue weighted by Crippen LogP contribution is -2.37. The highest BCUT2D eigenvalue weighted by Crippen LogP contribution is 2.27. The Morgan fingerprint density at radius 2 is 2.26 bits per heavy atom. The normalized spacial score (nSPS) is 24.9. The van der Waals surface area contributed by atoms with Crippen LogP contribution in [-0.2, 0) is 4.79 Å². The molecular weight excluding hydrogens is 306 g/mol. The van der Waals surface area contributed by atoms with Crippen molar-refractivity contribution in [2.24, 2.45) is 5.92 Å². The van der Waals surface area contributed by atoms with Gasteiger partial charge in [0.2, 0.25) is 0 Å². The standard InChI is InChI=1S/C15H20BrNO2/c1-10(11-4-2-6-13(16)8-11)17-14-7-3-5-12(9-14)15(18)19/h2,4,6,8,10,12,14,17H,3,5,7,9H2,1H3,(H,18,19)/t10-,12?,14?/m0/s1. The van der Waals surface area contributed by atoms with Crippen molar-refractivity contribution < 1.29 is 9.90 Å². The van der Waals surface area contributed by atoms with Gasteiger partial charge in [-0.25, -0.2) is 0 Å². The number of aliphatic carboxylic acids is 1. The van der Waals surface area contributed by atoms with Gasteiger partial charge in [0.25, 0.3) is 0 Å². The van der Waals surface area contributed by atoms with Crippen LogP contribution in [0.25, 0.3) is 0 Å². The zero-order valence-corrected chi connectivity index (χ0v) is 12.7. The molecule has 1 aromatic rings. The Bertz CT molecular complexity index is 450. The van der Waals surface area contributed by atoms with Crippen molar-refractivity contribution in [3.05, 3.63) is 34.3 Å². The number of halogens is 1. The summed E-state index contributed by atoms with van der Waals surface area (Å²) in [6, 6.07) is 8.80. The number of hydrogen-bond donors (Lipinski definition) is 2. The van der Waals surface area contributed by atoms with Crippen molar-refractivity contribution in [2.45, 2.75) is 44.7 Å². The van der Waals surface area contributed by atoms with E-state index in [1.54, 1.807) is 0 Å². The minimum absolute atomic E-state index is 0.180. The molecule has 19 heavy (non-hydrogen) atoms. The van der Waals surface area contributed by atoms with Gasteiger partial charge < -0.3 is 10.4 Å². The van der Waals surface area contributed by atoms with Gasteiger partial charge in [0, 0.05) is 16.6 Å². The molecule has 0 bridgehead atoms. The number of rotatable bonds is 4. The third kappa shape index (κ3) is 4.05. The van der Waals surface area contributed by atoms with Crippen LogP contribution in [0.4, 0.5) is 0 Å². The summed E-state index contributed by atoms with van der Waals surface area (Å²) in [6.07, 6.45) is 3.63. The van der Waals surface area contributed by atoms with Gasteiger partial charge in [-0.3, -0.25) is 4.79 Å². The molecule has 104 valence electrons. The molecular formula is C15H20BrNO2. The maximum atomic E-state index is 11.1. The molecule has 0 saturated heterocycles. The van der Waals surface area contributed by atoms with Gasteiger partial charge >= 0.3 is 5.97 Å². The van der Waals surface area contributed by atoms with E-state index < -0.39 is 5.97 Å². The van der Waals surface area contributed by atoms with Gasteiger partial charge in [-0.2, -0.15) is 0 Å². The maximum absolute atomic E-state index is 11.1. The molecule has 0 spiro atoms. The molecule has 0 aliphatic heterocycles. The molecule has 1 aromatic carbocycles. The van der Waals surface area contributed by atoms with Crippen LogP contribution >= 0.6 is 15.9 Å². The monoisotopic (exact) mass is 325 g/mol. The Balaban J connectivity index is 1.95. The van der Waals surface area contributed by atoms with E-state index in [4.69, 9.17) is 5.11 Å². The molecule has 4 heteroatoms. The van der Waals surface area contributed by atoms with E-state index >= 15 is 0 Å². The van der Waals surface area contributed by atoms with Gasteiger partial charge in [-0.1, -0.05) is 34.5 Å². The van der Waals surface area contributed by atoms with E-state index in [1.165, 1.54) is 5.56 Å². The molecule has 0 radical (unpaired) electrons. The third-order valence-corrected chi connectivity index (χ3v) is 4.35. The van der Waals surface area contributed by atoms with E-state index in [9.17, 15) is 4.79 Å². The van der Waals surface area contributed by atoms with Crippen molar-refractivity contribution in [1.82, 2.24) is 5.32 Å². The molecule has 2 rings (SSSR count). The van der Waals surface area contributed by atoms with Crippen molar-refractivity contribution in [3.63, 3.8) is 0 Å². The minimum Gasteiger partial charge on any atom is -0.481 e. The SMILES string of the molecule is C[C@H](NC1CCCC(C(=O)O)C1)c1cccc(Br)c1. The molecule has 0 aromatic heterocycles. The van der Waals surface area contributed by atoms with Crippen LogP contribution in [0.2, 0.25) is 0 Å². The first-order valence-corrected chi connectivity index (χ1v) is 7.60. The van der Waals surface area contributed by atoms with Gasteiger partial charge in [0.15, 0.2) is 0 Å². The zero-order chi connectivity index (χ0) is 13.8. The Morgan fingerprint density at radius 3 is 2.95 bits per heavy atom. The van der Waals surface area contributed by atoms with Gasteiger partial charge in [0.1, 0.15) is 0 Å². The van der Waals surface area contributed by atoms with Crippen molar-refractivity contribution in [1.29, 1.82) is 0 Å². The second kappa shape index (κ2) is 6.53. The Morgan fingerprint density at radius 1 is 1.47 bits per heavy atom. The molecule has 0 amide bonds. The quantitative estimate of drug-likeness (QED) is 0.886. The van der Waals surface area contributed by atoms with Crippen molar-refractivity contribution in [3.8, 4) is 0 Å². The fourth-order valence-electron chi connectivity index (χ4n) is 2.79. The highest BCUT2D eigenvalue weighted by Gasteiger charge is 2.27. The van der Waals surface area contributed by atoms with Crippen LogP contribution in [0.5, 0.6) is 0 Å². The smallest absolute Gasteiger partial charge is 0.306 e. The lowest BCUT2D eigenvalue weighted by atomic mass is 9.85. The summed E-state index contributed by atoms with van der Waals surface area (Å²) in [7, 11) is 0. The van der Waals surface area contributed by atoms with Crippen molar-refractivity contribution in [2.75, 3.05) is 0 Å². The fraction of sp³-hybridized carbons (Fsp3) is 0.533. The molecule has 1 fully saturated rings. The van der Waals surface area contributed by atoms with Crippen LogP contribution in [0, 0.1) is 5.92 Å². The molecule has 2 unspecified atom stereocenters. The Labute approximate surface area is 122 Å². The van der Waals surface area contributed by atoms with Crippen LogP contribution in [-0.4, -0.2) is 17.1 Å². The second-order valence-electron chi connectivity index (χ2n) is 5.34. The van der Waals surface area contributed by atoms with E-state index in [0.717, 1.165) is 30.2 Å². The van der Waals surface area contributed by atoms with E-state index in [0.29, 0.717) is 6.04 Å². The lowest BCUT2D eigenvalue weighted by molar-refractivity contribution is -0.143. The highest BCUT2D eigenvalue weighted by atomic mass is 79.9. The molecule has 3 nitrogen and oxygen atoms in total. The minimum atomic E-state index is -0.651. The lowest BCUT2D eigenvalue weighted by Gasteiger charge is -2.30. The summed E-state index contributed by atoms with van der Waals surface area (Å²) in [5.41, 5.74) is 1.23. The van der Waals surface area contributed by atoms with Crippen LogP contribution in [0.15, 0.2) is 28.7 Å². The summed E-state index contributed by atoms with van der Waals surface area (Å²) in [4.78, 5) is 11.1. The number of carboxylic acid groups (broad SMARTS) is 1. The molecule has 0 heterocycles. The van der Waals surface area contributed by atoms with Crippen LogP contribution < -0.4 is 5.32 Å². The zero-order valence-electron chi connectivity index (χ0n) is 11.1. The summed E-state index contributed by atoms with van der Waals surface area (Å²) in [5.74, 6) is -0.831. The number of carboxylic acids is 1. The molecule has 1 aliphatic rings. The molecule has 1 aliphatic carbocycles. The van der Waals surface area contributed by atoms with E-state index in [2.05, 4.69) is 40.3 Å². The maximum Gasteiger partial charge on any atom is 0.306 e. The highest BCUT2D eigenvalue weighted by molar-refractivity contribution is 9.10. The topological polar surface area (TPSA) is 49.3 Å². The predicted molar refractivity (Wildman–Crippen MR) is 79.1 cm³/mol. The summed E-state index contributed by atoms with van der Waals surface area (Å²) in [5, 5.41) is 12.7. The van der Waals surface area contributed by atoms with E-state index in [1.807, 2.05) is 12.1 Å². The number of nitrogens with one attached hydrogen (secondary N) is 1.